The van der Waals surface area contributed by atoms with E-state index in [1.807, 2.05) is 17.9 Å². The lowest BCUT2D eigenvalue weighted by atomic mass is 9.85. The zero-order valence-corrected chi connectivity index (χ0v) is 14.9. The summed E-state index contributed by atoms with van der Waals surface area (Å²) in [5.74, 6) is 6.70. The summed E-state index contributed by atoms with van der Waals surface area (Å²) in [4.78, 5) is 22.7. The average Bonchev–Trinajstić information content (AvgIpc) is 3.24. The molecule has 0 saturated heterocycles. The van der Waals surface area contributed by atoms with Gasteiger partial charge in [-0.25, -0.2) is 14.7 Å². The second-order valence-electron chi connectivity index (χ2n) is 6.82. The van der Waals surface area contributed by atoms with Crippen LogP contribution in [-0.2, 0) is 24.2 Å². The number of benzene rings is 1. The van der Waals surface area contributed by atoms with Crippen molar-refractivity contribution in [1.82, 2.24) is 9.66 Å². The van der Waals surface area contributed by atoms with Crippen LogP contribution < -0.4 is 16.5 Å². The average molecular weight is 366 g/mol. The van der Waals surface area contributed by atoms with Crippen molar-refractivity contribution < 1.29 is 4.79 Å². The van der Waals surface area contributed by atoms with Crippen LogP contribution in [0.2, 0.25) is 0 Å². The number of primary amides is 1. The third-order valence-corrected chi connectivity index (χ3v) is 6.17. The Bertz CT molecular complexity index is 1070. The van der Waals surface area contributed by atoms with Crippen molar-refractivity contribution in [3.8, 4) is 0 Å². The molecule has 3 heterocycles. The van der Waals surface area contributed by atoms with Gasteiger partial charge >= 0.3 is 0 Å². The van der Waals surface area contributed by atoms with Crippen molar-refractivity contribution in [2.75, 3.05) is 10.7 Å². The maximum Gasteiger partial charge on any atom is 0.220 e. The van der Waals surface area contributed by atoms with E-state index in [0.717, 1.165) is 51.4 Å². The number of carbonyl (C=O) groups is 1. The first kappa shape index (κ1) is 15.4. The first-order valence-electron chi connectivity index (χ1n) is 8.55. The van der Waals surface area contributed by atoms with E-state index in [9.17, 15) is 4.79 Å². The molecule has 4 N–H and O–H groups in total. The standard InChI is InChI=1S/C18H18N6OS/c19-17(25)10-1-4-15-12(5-10)13-7-23(8-21-18(13)24(15)20)11-2-3-14-16(6-11)26-9-22-14/h2-3,6,8-10H,1,4-5,7,20H2,(H2,19,25). The molecule has 3 aromatic rings. The van der Waals surface area contributed by atoms with Gasteiger partial charge in [0.2, 0.25) is 5.91 Å². The van der Waals surface area contributed by atoms with Crippen molar-refractivity contribution in [1.29, 1.82) is 0 Å². The molecule has 26 heavy (non-hydrogen) atoms. The molecule has 1 atom stereocenters. The molecule has 1 aliphatic heterocycles. The Morgan fingerprint density at radius 1 is 1.31 bits per heavy atom. The van der Waals surface area contributed by atoms with Gasteiger partial charge in [0.25, 0.3) is 0 Å². The quantitative estimate of drug-likeness (QED) is 0.678. The number of fused-ring (bicyclic) bond motifs is 4. The lowest BCUT2D eigenvalue weighted by Gasteiger charge is -2.25. The highest BCUT2D eigenvalue weighted by atomic mass is 32.1. The molecule has 0 saturated carbocycles. The van der Waals surface area contributed by atoms with Crippen LogP contribution in [0, 0.1) is 5.92 Å². The molecule has 0 spiro atoms. The van der Waals surface area contributed by atoms with Gasteiger partial charge in [-0.05, 0) is 43.0 Å². The summed E-state index contributed by atoms with van der Waals surface area (Å²) in [5, 5.41) is 0. The summed E-state index contributed by atoms with van der Waals surface area (Å²) < 4.78 is 2.83. The molecular weight excluding hydrogens is 348 g/mol. The lowest BCUT2D eigenvalue weighted by Crippen LogP contribution is -2.30. The number of aliphatic imine (C=N–C) groups is 1. The molecule has 0 radical (unpaired) electrons. The smallest absolute Gasteiger partial charge is 0.220 e. The monoisotopic (exact) mass is 366 g/mol. The number of carbonyl (C=O) groups excluding carboxylic acids is 1. The van der Waals surface area contributed by atoms with E-state index in [0.29, 0.717) is 13.0 Å². The SMILES string of the molecule is NC(=O)C1CCc2c(c3c(n2N)N=CN(c2ccc4ncsc4c2)C3)C1. The van der Waals surface area contributed by atoms with Crippen LogP contribution >= 0.6 is 11.3 Å². The van der Waals surface area contributed by atoms with E-state index in [-0.39, 0.29) is 11.8 Å². The van der Waals surface area contributed by atoms with E-state index in [2.05, 4.69) is 27.0 Å². The minimum absolute atomic E-state index is 0.123. The van der Waals surface area contributed by atoms with Crippen molar-refractivity contribution in [3.05, 3.63) is 40.5 Å². The lowest BCUT2D eigenvalue weighted by molar-refractivity contribution is -0.122. The summed E-state index contributed by atoms with van der Waals surface area (Å²) in [7, 11) is 0. The van der Waals surface area contributed by atoms with Gasteiger partial charge in [-0.15, -0.1) is 11.3 Å². The number of amides is 1. The van der Waals surface area contributed by atoms with Crippen molar-refractivity contribution in [2.45, 2.75) is 25.8 Å². The van der Waals surface area contributed by atoms with Gasteiger partial charge in [0, 0.05) is 22.9 Å². The number of aromatic nitrogens is 2. The van der Waals surface area contributed by atoms with Gasteiger partial charge in [0.05, 0.1) is 28.6 Å². The molecule has 1 aliphatic carbocycles. The molecule has 7 nitrogen and oxygen atoms in total. The van der Waals surface area contributed by atoms with E-state index in [1.165, 1.54) is 0 Å². The number of anilines is 1. The summed E-state index contributed by atoms with van der Waals surface area (Å²) in [5.41, 5.74) is 12.8. The van der Waals surface area contributed by atoms with Crippen molar-refractivity contribution in [2.24, 2.45) is 16.6 Å². The third-order valence-electron chi connectivity index (χ3n) is 5.38. The van der Waals surface area contributed by atoms with Crippen LogP contribution in [0.5, 0.6) is 0 Å². The zero-order valence-electron chi connectivity index (χ0n) is 14.1. The Labute approximate surface area is 153 Å². The molecule has 8 heteroatoms. The van der Waals surface area contributed by atoms with Gasteiger partial charge in [-0.3, -0.25) is 4.79 Å². The molecule has 0 bridgehead atoms. The highest BCUT2D eigenvalue weighted by Gasteiger charge is 2.32. The molecule has 5 rings (SSSR count). The zero-order chi connectivity index (χ0) is 17.8. The van der Waals surface area contributed by atoms with Gasteiger partial charge < -0.3 is 16.5 Å². The maximum atomic E-state index is 11.7. The molecule has 0 fully saturated rings. The largest absolute Gasteiger partial charge is 0.369 e. The van der Waals surface area contributed by atoms with Crippen LogP contribution in [-0.4, -0.2) is 21.9 Å². The van der Waals surface area contributed by atoms with E-state index >= 15 is 0 Å². The summed E-state index contributed by atoms with van der Waals surface area (Å²) >= 11 is 1.62. The number of thiazole rings is 1. The second-order valence-corrected chi connectivity index (χ2v) is 7.70. The second kappa shape index (κ2) is 5.57. The maximum absolute atomic E-state index is 11.7. The third kappa shape index (κ3) is 2.22. The fraction of sp³-hybridized carbons (Fsp3) is 0.278. The highest BCUT2D eigenvalue weighted by Crippen LogP contribution is 2.38. The molecule has 1 aromatic carbocycles. The number of hydrogen-bond acceptors (Lipinski definition) is 6. The Balaban J connectivity index is 1.53. The van der Waals surface area contributed by atoms with Crippen LogP contribution in [0.4, 0.5) is 11.5 Å². The van der Waals surface area contributed by atoms with E-state index < -0.39 is 0 Å². The number of rotatable bonds is 2. The number of nitrogens with two attached hydrogens (primary N) is 2. The molecule has 1 unspecified atom stereocenters. The summed E-state index contributed by atoms with van der Waals surface area (Å²) in [6.07, 6.45) is 3.98. The van der Waals surface area contributed by atoms with Gasteiger partial charge in [-0.1, -0.05) is 0 Å². The van der Waals surface area contributed by atoms with E-state index in [1.54, 1.807) is 16.0 Å². The van der Waals surface area contributed by atoms with Gasteiger partial charge in [-0.2, -0.15) is 0 Å². The summed E-state index contributed by atoms with van der Waals surface area (Å²) in [6.45, 7) is 0.682. The Morgan fingerprint density at radius 2 is 2.19 bits per heavy atom. The van der Waals surface area contributed by atoms with Crippen molar-refractivity contribution >= 4 is 45.3 Å². The number of nitrogen functional groups attached to an aromatic ring is 1. The number of hydrogen-bond donors (Lipinski definition) is 2. The molecular formula is C18H18N6OS. The Morgan fingerprint density at radius 3 is 3.04 bits per heavy atom. The first-order chi connectivity index (χ1) is 12.6. The van der Waals surface area contributed by atoms with Crippen LogP contribution in [0.25, 0.3) is 10.2 Å². The highest BCUT2D eigenvalue weighted by molar-refractivity contribution is 7.16. The molecule has 1 amide bonds. The van der Waals surface area contributed by atoms with Gasteiger partial charge in [0.1, 0.15) is 0 Å². The normalized spacial score (nSPS) is 18.8. The van der Waals surface area contributed by atoms with E-state index in [4.69, 9.17) is 11.6 Å². The Hall–Kier alpha value is -2.87. The minimum atomic E-state index is -0.235. The predicted molar refractivity (Wildman–Crippen MR) is 103 cm³/mol. The first-order valence-corrected chi connectivity index (χ1v) is 9.43. The van der Waals surface area contributed by atoms with Crippen LogP contribution in [0.3, 0.4) is 0 Å². The summed E-state index contributed by atoms with van der Waals surface area (Å²) in [6, 6.07) is 6.20. The molecule has 2 aliphatic rings. The number of nitrogens with zero attached hydrogens (tertiary/aromatic N) is 4. The van der Waals surface area contributed by atoms with Crippen molar-refractivity contribution in [3.63, 3.8) is 0 Å². The molecule has 132 valence electrons. The fourth-order valence-electron chi connectivity index (χ4n) is 3.96. The predicted octanol–water partition coefficient (Wildman–Crippen LogP) is 2.08. The van der Waals surface area contributed by atoms with Gasteiger partial charge in [0.15, 0.2) is 5.82 Å². The Kier molecular flexibility index (Phi) is 3.30. The topological polar surface area (TPSA) is 103 Å². The van der Waals surface area contributed by atoms with Crippen LogP contribution in [0.15, 0.2) is 28.7 Å². The molecule has 2 aromatic heterocycles. The minimum Gasteiger partial charge on any atom is -0.369 e. The van der Waals surface area contributed by atoms with Crippen LogP contribution in [0.1, 0.15) is 23.2 Å². The fourth-order valence-corrected chi connectivity index (χ4v) is 4.67.